The SMILES string of the molecule is c1ccc2nc(N(CC3CCCN3)C3CC3)ncc2c1. The summed E-state index contributed by atoms with van der Waals surface area (Å²) in [6.07, 6.45) is 7.08. The van der Waals surface area contributed by atoms with E-state index in [4.69, 9.17) is 4.98 Å². The first-order chi connectivity index (χ1) is 9.90. The van der Waals surface area contributed by atoms with E-state index >= 15 is 0 Å². The highest BCUT2D eigenvalue weighted by molar-refractivity contribution is 5.78. The lowest BCUT2D eigenvalue weighted by atomic mass is 10.2. The van der Waals surface area contributed by atoms with Crippen LogP contribution >= 0.6 is 0 Å². The van der Waals surface area contributed by atoms with Gasteiger partial charge in [0.05, 0.1) is 5.52 Å². The molecular weight excluding hydrogens is 248 g/mol. The monoisotopic (exact) mass is 268 g/mol. The Hall–Kier alpha value is -1.68. The molecule has 2 fully saturated rings. The lowest BCUT2D eigenvalue weighted by molar-refractivity contribution is 0.572. The molecule has 0 spiro atoms. The van der Waals surface area contributed by atoms with Gasteiger partial charge in [-0.3, -0.25) is 0 Å². The van der Waals surface area contributed by atoms with Crippen LogP contribution < -0.4 is 10.2 Å². The van der Waals surface area contributed by atoms with Gasteiger partial charge in [-0.2, -0.15) is 0 Å². The first kappa shape index (κ1) is 12.1. The van der Waals surface area contributed by atoms with Crippen LogP contribution in [0.25, 0.3) is 10.9 Å². The number of aromatic nitrogens is 2. The fourth-order valence-electron chi connectivity index (χ4n) is 3.03. The zero-order valence-corrected chi connectivity index (χ0v) is 11.6. The Labute approximate surface area is 119 Å². The van der Waals surface area contributed by atoms with Crippen molar-refractivity contribution < 1.29 is 0 Å². The average molecular weight is 268 g/mol. The molecule has 4 rings (SSSR count). The maximum absolute atomic E-state index is 4.77. The van der Waals surface area contributed by atoms with Crippen LogP contribution in [0.5, 0.6) is 0 Å². The second kappa shape index (κ2) is 5.02. The number of nitrogens with zero attached hydrogens (tertiary/aromatic N) is 3. The fourth-order valence-corrected chi connectivity index (χ4v) is 3.03. The Balaban J connectivity index is 1.63. The van der Waals surface area contributed by atoms with E-state index in [9.17, 15) is 0 Å². The molecule has 0 amide bonds. The third-order valence-corrected chi connectivity index (χ3v) is 4.30. The van der Waals surface area contributed by atoms with Gasteiger partial charge in [0.15, 0.2) is 0 Å². The summed E-state index contributed by atoms with van der Waals surface area (Å²) in [5.74, 6) is 0.903. The molecule has 1 aromatic heterocycles. The van der Waals surface area contributed by atoms with Gasteiger partial charge in [0, 0.05) is 30.2 Å². The predicted octanol–water partition coefficient (Wildman–Crippen LogP) is 2.35. The van der Waals surface area contributed by atoms with Crippen molar-refractivity contribution in [1.82, 2.24) is 15.3 Å². The van der Waals surface area contributed by atoms with Gasteiger partial charge in [0.25, 0.3) is 0 Å². The number of fused-ring (bicyclic) bond motifs is 1. The lowest BCUT2D eigenvalue weighted by Crippen LogP contribution is -2.39. The van der Waals surface area contributed by atoms with Gasteiger partial charge in [-0.05, 0) is 38.3 Å². The normalized spacial score (nSPS) is 22.3. The topological polar surface area (TPSA) is 41.1 Å². The van der Waals surface area contributed by atoms with Gasteiger partial charge >= 0.3 is 0 Å². The molecule has 1 unspecified atom stereocenters. The molecule has 1 aromatic carbocycles. The van der Waals surface area contributed by atoms with Gasteiger partial charge < -0.3 is 10.2 Å². The summed E-state index contributed by atoms with van der Waals surface area (Å²) in [6, 6.07) is 9.47. The quantitative estimate of drug-likeness (QED) is 0.924. The first-order valence-corrected chi connectivity index (χ1v) is 7.62. The maximum Gasteiger partial charge on any atom is 0.226 e. The highest BCUT2D eigenvalue weighted by Crippen LogP contribution is 2.31. The number of hydrogen-bond donors (Lipinski definition) is 1. The van der Waals surface area contributed by atoms with Crippen molar-refractivity contribution >= 4 is 16.9 Å². The standard InChI is InChI=1S/C16H20N4/c1-2-6-15-12(4-1)10-18-16(19-15)20(14-7-8-14)11-13-5-3-9-17-13/h1-2,4,6,10,13-14,17H,3,5,7-9,11H2. The second-order valence-electron chi connectivity index (χ2n) is 5.91. The van der Waals surface area contributed by atoms with Gasteiger partial charge in [-0.1, -0.05) is 18.2 Å². The second-order valence-corrected chi connectivity index (χ2v) is 5.91. The molecule has 20 heavy (non-hydrogen) atoms. The molecule has 0 bridgehead atoms. The minimum Gasteiger partial charge on any atom is -0.336 e. The van der Waals surface area contributed by atoms with Crippen molar-refractivity contribution in [2.75, 3.05) is 18.0 Å². The summed E-state index contributed by atoms with van der Waals surface area (Å²) < 4.78 is 0. The Morgan fingerprint density at radius 2 is 2.10 bits per heavy atom. The van der Waals surface area contributed by atoms with Crippen LogP contribution in [0.2, 0.25) is 0 Å². The van der Waals surface area contributed by atoms with Crippen molar-refractivity contribution in [3.8, 4) is 0 Å². The molecule has 4 nitrogen and oxygen atoms in total. The van der Waals surface area contributed by atoms with E-state index in [0.29, 0.717) is 12.1 Å². The Bertz CT molecular complexity index is 602. The summed E-state index contributed by atoms with van der Waals surface area (Å²) in [6.45, 7) is 2.20. The Kier molecular flexibility index (Phi) is 3.03. The van der Waals surface area contributed by atoms with Crippen molar-refractivity contribution in [2.24, 2.45) is 0 Å². The molecule has 1 saturated heterocycles. The molecule has 104 valence electrons. The highest BCUT2D eigenvalue weighted by Gasteiger charge is 2.33. The highest BCUT2D eigenvalue weighted by atomic mass is 15.3. The van der Waals surface area contributed by atoms with E-state index in [-0.39, 0.29) is 0 Å². The molecule has 1 aliphatic carbocycles. The number of rotatable bonds is 4. The molecule has 2 aliphatic rings. The zero-order valence-electron chi connectivity index (χ0n) is 11.6. The van der Waals surface area contributed by atoms with E-state index in [0.717, 1.165) is 29.9 Å². The van der Waals surface area contributed by atoms with E-state index in [1.165, 1.54) is 25.7 Å². The molecule has 1 saturated carbocycles. The van der Waals surface area contributed by atoms with Crippen LogP contribution in [0.15, 0.2) is 30.5 Å². The van der Waals surface area contributed by atoms with Crippen molar-refractivity contribution in [2.45, 2.75) is 37.8 Å². The van der Waals surface area contributed by atoms with Crippen molar-refractivity contribution in [3.05, 3.63) is 30.5 Å². The zero-order chi connectivity index (χ0) is 13.4. The van der Waals surface area contributed by atoms with Gasteiger partial charge in [-0.25, -0.2) is 9.97 Å². The van der Waals surface area contributed by atoms with Crippen LogP contribution in [-0.2, 0) is 0 Å². The fraction of sp³-hybridized carbons (Fsp3) is 0.500. The molecule has 1 N–H and O–H groups in total. The van der Waals surface area contributed by atoms with Gasteiger partial charge in [0.1, 0.15) is 0 Å². The molecule has 1 atom stereocenters. The Morgan fingerprint density at radius 1 is 1.20 bits per heavy atom. The summed E-state index contributed by atoms with van der Waals surface area (Å²) in [5.41, 5.74) is 1.04. The largest absolute Gasteiger partial charge is 0.336 e. The summed E-state index contributed by atoms with van der Waals surface area (Å²) in [5, 5.41) is 4.70. The maximum atomic E-state index is 4.77. The lowest BCUT2D eigenvalue weighted by Gasteiger charge is -2.25. The van der Waals surface area contributed by atoms with E-state index < -0.39 is 0 Å². The third-order valence-electron chi connectivity index (χ3n) is 4.30. The van der Waals surface area contributed by atoms with Crippen molar-refractivity contribution in [1.29, 1.82) is 0 Å². The smallest absolute Gasteiger partial charge is 0.226 e. The van der Waals surface area contributed by atoms with Crippen LogP contribution in [0.1, 0.15) is 25.7 Å². The minimum atomic E-state index is 0.602. The van der Waals surface area contributed by atoms with Crippen LogP contribution in [0.3, 0.4) is 0 Å². The first-order valence-electron chi connectivity index (χ1n) is 7.62. The van der Waals surface area contributed by atoms with E-state index in [2.05, 4.69) is 27.3 Å². The summed E-state index contributed by atoms with van der Waals surface area (Å²) in [4.78, 5) is 11.8. The van der Waals surface area contributed by atoms with E-state index in [1.54, 1.807) is 0 Å². The summed E-state index contributed by atoms with van der Waals surface area (Å²) in [7, 11) is 0. The predicted molar refractivity (Wildman–Crippen MR) is 80.9 cm³/mol. The van der Waals surface area contributed by atoms with Crippen molar-refractivity contribution in [3.63, 3.8) is 0 Å². The minimum absolute atomic E-state index is 0.602. The van der Waals surface area contributed by atoms with Crippen LogP contribution in [-0.4, -0.2) is 35.1 Å². The Morgan fingerprint density at radius 3 is 2.90 bits per heavy atom. The van der Waals surface area contributed by atoms with Gasteiger partial charge in [0.2, 0.25) is 5.95 Å². The molecule has 4 heteroatoms. The number of hydrogen-bond acceptors (Lipinski definition) is 4. The van der Waals surface area contributed by atoms with E-state index in [1.807, 2.05) is 18.3 Å². The molecular formula is C16H20N4. The molecule has 2 aromatic rings. The third kappa shape index (κ3) is 2.36. The number of nitrogens with one attached hydrogen (secondary N) is 1. The van der Waals surface area contributed by atoms with Gasteiger partial charge in [-0.15, -0.1) is 0 Å². The number of anilines is 1. The summed E-state index contributed by atoms with van der Waals surface area (Å²) >= 11 is 0. The molecule has 1 aliphatic heterocycles. The molecule has 0 radical (unpaired) electrons. The van der Waals surface area contributed by atoms with Crippen LogP contribution in [0, 0.1) is 0 Å². The molecule has 2 heterocycles. The van der Waals surface area contributed by atoms with Crippen LogP contribution in [0.4, 0.5) is 5.95 Å². The number of para-hydroxylation sites is 1. The number of benzene rings is 1. The average Bonchev–Trinajstić information content (AvgIpc) is 3.21.